The van der Waals surface area contributed by atoms with E-state index in [1.165, 1.54) is 11.1 Å². The number of halogens is 2. The molecule has 6 rings (SSSR count). The monoisotopic (exact) mass is 606 g/mol. The van der Waals surface area contributed by atoms with Gasteiger partial charge in [0.05, 0.1) is 47.2 Å². The Morgan fingerprint density at radius 2 is 0.953 bits per heavy atom. The summed E-state index contributed by atoms with van der Waals surface area (Å²) in [6.07, 6.45) is 3.71. The van der Waals surface area contributed by atoms with Crippen LogP contribution in [0.1, 0.15) is 33.9 Å². The molecule has 0 amide bonds. The van der Waals surface area contributed by atoms with E-state index in [1.807, 2.05) is 62.9 Å². The molecule has 6 aromatic rings. The molecule has 0 unspecified atom stereocenters. The Balaban J connectivity index is 1.22. The quantitative estimate of drug-likeness (QED) is 0.146. The van der Waals surface area contributed by atoms with Crippen molar-refractivity contribution in [2.75, 3.05) is 0 Å². The van der Waals surface area contributed by atoms with Gasteiger partial charge in [0.25, 0.3) is 0 Å². The Hall–Kier alpha value is -4.32. The first-order valence-corrected chi connectivity index (χ1v) is 15.3. The summed E-state index contributed by atoms with van der Waals surface area (Å²) >= 11 is 12.3. The standard InChI is InChI=1S/C36H32Cl2N4O/c1-25-33(19-37)41(23-39-25)21-27-11-15-29(16-12-27)31-7-3-5-9-35(31)43-36-10-6-4-8-32(36)30-17-13-28(14-18-30)22-42-24-40-26(2)34(42)20-38/h3-18,23-24H,19-22H2,1-2H3. The zero-order valence-electron chi connectivity index (χ0n) is 24.2. The lowest BCUT2D eigenvalue weighted by Crippen LogP contribution is -2.02. The van der Waals surface area contributed by atoms with E-state index >= 15 is 0 Å². The van der Waals surface area contributed by atoms with Crippen molar-refractivity contribution in [2.24, 2.45) is 0 Å². The molecule has 216 valence electrons. The van der Waals surface area contributed by atoms with E-state index in [1.54, 1.807) is 0 Å². The first-order chi connectivity index (χ1) is 21.0. The highest BCUT2D eigenvalue weighted by molar-refractivity contribution is 6.17. The third-order valence-corrected chi connectivity index (χ3v) is 8.30. The van der Waals surface area contributed by atoms with Gasteiger partial charge in [-0.3, -0.25) is 0 Å². The summed E-state index contributed by atoms with van der Waals surface area (Å²) in [5, 5.41) is 0. The first-order valence-electron chi connectivity index (χ1n) is 14.2. The molecule has 2 heterocycles. The molecule has 0 aliphatic carbocycles. The van der Waals surface area contributed by atoms with Gasteiger partial charge in [-0.15, -0.1) is 23.2 Å². The van der Waals surface area contributed by atoms with Crippen molar-refractivity contribution in [3.8, 4) is 33.8 Å². The number of imidazole rings is 2. The van der Waals surface area contributed by atoms with Crippen molar-refractivity contribution in [3.05, 3.63) is 144 Å². The molecular weight excluding hydrogens is 575 g/mol. The van der Waals surface area contributed by atoms with E-state index in [9.17, 15) is 0 Å². The lowest BCUT2D eigenvalue weighted by molar-refractivity contribution is 0.486. The zero-order valence-corrected chi connectivity index (χ0v) is 25.7. The topological polar surface area (TPSA) is 44.9 Å². The van der Waals surface area contributed by atoms with Gasteiger partial charge in [-0.05, 0) is 48.2 Å². The second-order valence-corrected chi connectivity index (χ2v) is 11.1. The molecule has 43 heavy (non-hydrogen) atoms. The second-order valence-electron chi connectivity index (χ2n) is 10.6. The molecule has 0 radical (unpaired) electrons. The minimum absolute atomic E-state index is 0.445. The largest absolute Gasteiger partial charge is 0.456 e. The molecule has 5 nitrogen and oxygen atoms in total. The fourth-order valence-electron chi connectivity index (χ4n) is 5.32. The molecule has 7 heteroatoms. The average molecular weight is 608 g/mol. The Morgan fingerprint density at radius 1 is 0.558 bits per heavy atom. The maximum absolute atomic E-state index is 6.61. The molecule has 0 atom stereocenters. The predicted octanol–water partition coefficient (Wildman–Crippen LogP) is 9.40. The fourth-order valence-corrected chi connectivity index (χ4v) is 6.01. The molecule has 0 fully saturated rings. The van der Waals surface area contributed by atoms with Crippen LogP contribution in [0.15, 0.2) is 110 Å². The van der Waals surface area contributed by atoms with Crippen molar-refractivity contribution >= 4 is 23.2 Å². The number of hydrogen-bond acceptors (Lipinski definition) is 3. The van der Waals surface area contributed by atoms with Gasteiger partial charge in [0.15, 0.2) is 0 Å². The number of benzene rings is 4. The van der Waals surface area contributed by atoms with Crippen LogP contribution in [0.25, 0.3) is 22.3 Å². The van der Waals surface area contributed by atoms with Crippen LogP contribution < -0.4 is 4.74 Å². The molecule has 0 spiro atoms. The van der Waals surface area contributed by atoms with Crippen LogP contribution in [0.2, 0.25) is 0 Å². The third kappa shape index (κ3) is 6.24. The van der Waals surface area contributed by atoms with Crippen molar-refractivity contribution in [1.82, 2.24) is 19.1 Å². The zero-order chi connectivity index (χ0) is 29.8. The summed E-state index contributed by atoms with van der Waals surface area (Å²) in [7, 11) is 0. The predicted molar refractivity (Wildman–Crippen MR) is 175 cm³/mol. The summed E-state index contributed by atoms with van der Waals surface area (Å²) in [6.45, 7) is 5.43. The van der Waals surface area contributed by atoms with Crippen molar-refractivity contribution in [1.29, 1.82) is 0 Å². The summed E-state index contributed by atoms with van der Waals surface area (Å²) in [5.74, 6) is 2.50. The second kappa shape index (κ2) is 12.9. The summed E-state index contributed by atoms with van der Waals surface area (Å²) in [4.78, 5) is 8.82. The number of rotatable bonds is 10. The fraction of sp³-hybridized carbons (Fsp3) is 0.167. The Labute approximate surface area is 262 Å². The van der Waals surface area contributed by atoms with Crippen molar-refractivity contribution in [3.63, 3.8) is 0 Å². The molecule has 0 saturated heterocycles. The number of alkyl halides is 2. The lowest BCUT2D eigenvalue weighted by Gasteiger charge is -2.15. The smallest absolute Gasteiger partial charge is 0.135 e. The maximum Gasteiger partial charge on any atom is 0.135 e. The average Bonchev–Trinajstić information content (AvgIpc) is 3.58. The molecule has 0 saturated carbocycles. The van der Waals surface area contributed by atoms with Crippen molar-refractivity contribution in [2.45, 2.75) is 38.7 Å². The molecule has 0 aliphatic heterocycles. The van der Waals surface area contributed by atoms with Crippen LogP contribution in [0.5, 0.6) is 11.5 Å². The Bertz CT molecular complexity index is 1700. The SMILES string of the molecule is Cc1ncn(Cc2ccc(-c3ccccc3Oc3ccccc3-c3ccc(Cn4cnc(C)c4CCl)cc3)cc2)c1CCl. The Kier molecular flexibility index (Phi) is 8.64. The van der Waals surface area contributed by atoms with Gasteiger partial charge in [0, 0.05) is 24.2 Å². The highest BCUT2D eigenvalue weighted by Crippen LogP contribution is 2.38. The molecule has 0 aliphatic rings. The normalized spacial score (nSPS) is 11.2. The van der Waals surface area contributed by atoms with E-state index in [2.05, 4.69) is 79.8 Å². The van der Waals surface area contributed by atoms with Crippen molar-refractivity contribution < 1.29 is 4.74 Å². The number of aryl methyl sites for hydroxylation is 2. The van der Waals surface area contributed by atoms with E-state index in [0.717, 1.165) is 69.6 Å². The number of hydrogen-bond donors (Lipinski definition) is 0. The first kappa shape index (κ1) is 28.8. The van der Waals surface area contributed by atoms with Gasteiger partial charge in [-0.2, -0.15) is 0 Å². The van der Waals surface area contributed by atoms with Gasteiger partial charge >= 0.3 is 0 Å². The molecule has 0 N–H and O–H groups in total. The van der Waals surface area contributed by atoms with Crippen LogP contribution in [-0.4, -0.2) is 19.1 Å². The van der Waals surface area contributed by atoms with Crippen LogP contribution in [0.4, 0.5) is 0 Å². The summed E-state index contributed by atoms with van der Waals surface area (Å²) in [5.41, 5.74) is 10.6. The number of nitrogens with zero attached hydrogens (tertiary/aromatic N) is 4. The highest BCUT2D eigenvalue weighted by Gasteiger charge is 2.13. The van der Waals surface area contributed by atoms with E-state index < -0.39 is 0 Å². The van der Waals surface area contributed by atoms with Gasteiger partial charge in [0.2, 0.25) is 0 Å². The maximum atomic E-state index is 6.61. The number of para-hydroxylation sites is 2. The van der Waals surface area contributed by atoms with Gasteiger partial charge in [-0.1, -0.05) is 84.9 Å². The number of aromatic nitrogens is 4. The number of ether oxygens (including phenoxy) is 1. The van der Waals surface area contributed by atoms with E-state index in [4.69, 9.17) is 27.9 Å². The van der Waals surface area contributed by atoms with Gasteiger partial charge in [-0.25, -0.2) is 9.97 Å². The summed E-state index contributed by atoms with van der Waals surface area (Å²) in [6, 6.07) is 33.5. The third-order valence-electron chi connectivity index (χ3n) is 7.79. The highest BCUT2D eigenvalue weighted by atomic mass is 35.5. The van der Waals surface area contributed by atoms with Gasteiger partial charge in [0.1, 0.15) is 11.5 Å². The molecule has 4 aromatic carbocycles. The minimum atomic E-state index is 0.445. The molecule has 2 aromatic heterocycles. The van der Waals surface area contributed by atoms with Crippen LogP contribution in [-0.2, 0) is 24.8 Å². The molecular formula is C36H32Cl2N4O. The van der Waals surface area contributed by atoms with Crippen LogP contribution in [0.3, 0.4) is 0 Å². The molecule has 0 bridgehead atoms. The Morgan fingerprint density at radius 3 is 1.35 bits per heavy atom. The van der Waals surface area contributed by atoms with Gasteiger partial charge < -0.3 is 13.9 Å². The lowest BCUT2D eigenvalue weighted by atomic mass is 10.0. The minimum Gasteiger partial charge on any atom is -0.456 e. The van der Waals surface area contributed by atoms with E-state index in [0.29, 0.717) is 11.8 Å². The van der Waals surface area contributed by atoms with Crippen LogP contribution >= 0.6 is 23.2 Å². The van der Waals surface area contributed by atoms with E-state index in [-0.39, 0.29) is 0 Å². The van der Waals surface area contributed by atoms with Crippen LogP contribution in [0, 0.1) is 13.8 Å². The summed E-state index contributed by atoms with van der Waals surface area (Å²) < 4.78 is 10.8.